The number of nitrogens with zero attached hydrogens (tertiary/aromatic N) is 3. The van der Waals surface area contributed by atoms with Crippen molar-refractivity contribution < 1.29 is 9.59 Å². The Balaban J connectivity index is 1.83. The van der Waals surface area contributed by atoms with Crippen LogP contribution in [0.4, 0.5) is 5.69 Å². The Bertz CT molecular complexity index is 742. The number of halogens is 2. The molecule has 1 aliphatic rings. The van der Waals surface area contributed by atoms with Crippen molar-refractivity contribution in [3.8, 4) is 0 Å². The molecule has 2 heterocycles. The second-order valence-corrected chi connectivity index (χ2v) is 6.49. The van der Waals surface area contributed by atoms with E-state index in [0.717, 1.165) is 4.90 Å². The van der Waals surface area contributed by atoms with Crippen LogP contribution < -0.4 is 4.90 Å². The van der Waals surface area contributed by atoms with Gasteiger partial charge in [-0.15, -0.1) is 0 Å². The van der Waals surface area contributed by atoms with Crippen LogP contribution >= 0.6 is 35.0 Å². The third-order valence-electron chi connectivity index (χ3n) is 3.06. The molecule has 2 amide bonds. The minimum atomic E-state index is -0.538. The summed E-state index contributed by atoms with van der Waals surface area (Å²) in [5.41, 5.74) is 0.418. The Morgan fingerprint density at radius 3 is 2.55 bits per heavy atom. The van der Waals surface area contributed by atoms with Crippen molar-refractivity contribution in [3.05, 3.63) is 46.7 Å². The molecule has 8 heteroatoms. The first kappa shape index (κ1) is 15.3. The molecule has 0 saturated carbocycles. The quantitative estimate of drug-likeness (QED) is 0.626. The Hall–Kier alpha value is -1.63. The molecule has 0 aliphatic carbocycles. The number of imide groups is 1. The van der Waals surface area contributed by atoms with Crippen LogP contribution in [-0.4, -0.2) is 27.0 Å². The van der Waals surface area contributed by atoms with Gasteiger partial charge in [-0.3, -0.25) is 9.59 Å². The van der Waals surface area contributed by atoms with Crippen molar-refractivity contribution in [3.63, 3.8) is 0 Å². The summed E-state index contributed by atoms with van der Waals surface area (Å²) >= 11 is 13.0. The maximum absolute atomic E-state index is 12.5. The first-order chi connectivity index (χ1) is 10.6. The van der Waals surface area contributed by atoms with E-state index in [1.165, 1.54) is 17.8 Å². The van der Waals surface area contributed by atoms with Gasteiger partial charge in [0.15, 0.2) is 5.16 Å². The molecule has 1 unspecified atom stereocenters. The summed E-state index contributed by atoms with van der Waals surface area (Å²) in [6.45, 7) is 0. The molecule has 1 fully saturated rings. The number of anilines is 1. The van der Waals surface area contributed by atoms with E-state index < -0.39 is 5.25 Å². The number of hydrogen-bond donors (Lipinski definition) is 0. The highest BCUT2D eigenvalue weighted by atomic mass is 35.5. The number of rotatable bonds is 3. The van der Waals surface area contributed by atoms with E-state index in [-0.39, 0.29) is 18.2 Å². The predicted octanol–water partition coefficient (Wildman–Crippen LogP) is 3.21. The fourth-order valence-corrected chi connectivity index (χ4v) is 3.29. The second-order valence-electron chi connectivity index (χ2n) is 4.51. The van der Waals surface area contributed by atoms with Gasteiger partial charge >= 0.3 is 0 Å². The molecule has 0 N–H and O–H groups in total. The molecule has 112 valence electrons. The number of hydrogen-bond acceptors (Lipinski definition) is 5. The van der Waals surface area contributed by atoms with Gasteiger partial charge < -0.3 is 0 Å². The molecule has 5 nitrogen and oxygen atoms in total. The number of benzene rings is 1. The molecule has 1 aromatic carbocycles. The summed E-state index contributed by atoms with van der Waals surface area (Å²) in [6, 6.07) is 6.34. The van der Waals surface area contributed by atoms with Gasteiger partial charge in [-0.05, 0) is 24.3 Å². The lowest BCUT2D eigenvalue weighted by atomic mass is 10.3. The zero-order chi connectivity index (χ0) is 15.7. The van der Waals surface area contributed by atoms with Crippen molar-refractivity contribution in [2.45, 2.75) is 16.8 Å². The predicted molar refractivity (Wildman–Crippen MR) is 85.2 cm³/mol. The van der Waals surface area contributed by atoms with Crippen LogP contribution in [0.2, 0.25) is 10.0 Å². The van der Waals surface area contributed by atoms with Gasteiger partial charge in [0.25, 0.3) is 0 Å². The molecule has 3 rings (SSSR count). The summed E-state index contributed by atoms with van der Waals surface area (Å²) in [5, 5.41) is 0.587. The van der Waals surface area contributed by atoms with Crippen LogP contribution in [0.15, 0.2) is 41.8 Å². The molecule has 2 aromatic rings. The van der Waals surface area contributed by atoms with Crippen molar-refractivity contribution >= 4 is 52.5 Å². The average molecular weight is 354 g/mol. The minimum Gasteiger partial charge on any atom is -0.274 e. The maximum Gasteiger partial charge on any atom is 0.247 e. The highest BCUT2D eigenvalue weighted by molar-refractivity contribution is 8.00. The molecule has 1 atom stereocenters. The minimum absolute atomic E-state index is 0.0992. The summed E-state index contributed by atoms with van der Waals surface area (Å²) in [7, 11) is 0. The number of amides is 2. The number of carbonyl (C=O) groups is 2. The summed E-state index contributed by atoms with van der Waals surface area (Å²) in [6.07, 6.45) is 3.28. The van der Waals surface area contributed by atoms with E-state index in [4.69, 9.17) is 23.2 Å². The zero-order valence-electron chi connectivity index (χ0n) is 11.1. The topological polar surface area (TPSA) is 63.2 Å². The van der Waals surface area contributed by atoms with Crippen molar-refractivity contribution in [1.29, 1.82) is 0 Å². The number of carbonyl (C=O) groups excluding carboxylic acids is 2. The molecule has 1 aliphatic heterocycles. The van der Waals surface area contributed by atoms with E-state index >= 15 is 0 Å². The molecule has 0 radical (unpaired) electrons. The number of aromatic nitrogens is 2. The smallest absolute Gasteiger partial charge is 0.247 e. The van der Waals surface area contributed by atoms with Crippen LogP contribution in [0.5, 0.6) is 0 Å². The van der Waals surface area contributed by atoms with E-state index in [0.29, 0.717) is 20.9 Å². The molecule has 1 saturated heterocycles. The van der Waals surface area contributed by atoms with Gasteiger partial charge in [0.05, 0.1) is 15.7 Å². The van der Waals surface area contributed by atoms with E-state index in [2.05, 4.69) is 9.97 Å². The highest BCUT2D eigenvalue weighted by Gasteiger charge is 2.40. The first-order valence-electron chi connectivity index (χ1n) is 6.32. The van der Waals surface area contributed by atoms with Crippen molar-refractivity contribution in [2.75, 3.05) is 4.90 Å². The molecule has 0 spiro atoms. The molecular weight excluding hydrogens is 345 g/mol. The van der Waals surface area contributed by atoms with Gasteiger partial charge in [0.2, 0.25) is 11.8 Å². The molecule has 1 aromatic heterocycles. The summed E-state index contributed by atoms with van der Waals surface area (Å²) in [4.78, 5) is 33.9. The van der Waals surface area contributed by atoms with Crippen LogP contribution in [0.1, 0.15) is 6.42 Å². The van der Waals surface area contributed by atoms with Crippen LogP contribution in [0.25, 0.3) is 0 Å². The van der Waals surface area contributed by atoms with Crippen LogP contribution in [0, 0.1) is 0 Å². The van der Waals surface area contributed by atoms with Crippen molar-refractivity contribution in [1.82, 2.24) is 9.97 Å². The second kappa shape index (κ2) is 6.24. The van der Waals surface area contributed by atoms with Crippen LogP contribution in [0.3, 0.4) is 0 Å². The van der Waals surface area contributed by atoms with Gasteiger partial charge in [0, 0.05) is 18.8 Å². The third kappa shape index (κ3) is 2.95. The largest absolute Gasteiger partial charge is 0.274 e. The van der Waals surface area contributed by atoms with Crippen molar-refractivity contribution in [2.24, 2.45) is 0 Å². The highest BCUT2D eigenvalue weighted by Crippen LogP contribution is 2.34. The van der Waals surface area contributed by atoms with Gasteiger partial charge in [-0.2, -0.15) is 0 Å². The third-order valence-corrected chi connectivity index (χ3v) is 4.87. The van der Waals surface area contributed by atoms with E-state index in [1.54, 1.807) is 30.6 Å². The normalized spacial score (nSPS) is 18.1. The monoisotopic (exact) mass is 353 g/mol. The first-order valence-corrected chi connectivity index (χ1v) is 7.95. The van der Waals surface area contributed by atoms with Gasteiger partial charge in [-0.25, -0.2) is 14.9 Å². The lowest BCUT2D eigenvalue weighted by Gasteiger charge is -2.15. The van der Waals surface area contributed by atoms with E-state index in [1.807, 2.05) is 0 Å². The average Bonchev–Trinajstić information content (AvgIpc) is 2.78. The lowest BCUT2D eigenvalue weighted by molar-refractivity contribution is -0.121. The molecule has 0 bridgehead atoms. The Kier molecular flexibility index (Phi) is 4.33. The SMILES string of the molecule is O=C1CC(Sc2ncccn2)C(=O)N1c1ccc(Cl)c(Cl)c1. The zero-order valence-corrected chi connectivity index (χ0v) is 13.4. The summed E-state index contributed by atoms with van der Waals surface area (Å²) < 4.78 is 0. The fourth-order valence-electron chi connectivity index (χ4n) is 2.07. The standard InChI is InChI=1S/C14H9Cl2N3O2S/c15-9-3-2-8(6-10(9)16)19-12(20)7-11(13(19)21)22-14-17-4-1-5-18-14/h1-6,11H,7H2. The fraction of sp³-hybridized carbons (Fsp3) is 0.143. The number of thioether (sulfide) groups is 1. The maximum atomic E-state index is 12.5. The Morgan fingerprint density at radius 2 is 1.86 bits per heavy atom. The van der Waals surface area contributed by atoms with E-state index in [9.17, 15) is 9.59 Å². The lowest BCUT2D eigenvalue weighted by Crippen LogP contribution is -2.31. The molecule has 22 heavy (non-hydrogen) atoms. The Labute approximate surface area is 140 Å². The molecular formula is C14H9Cl2N3O2S. The van der Waals surface area contributed by atoms with Gasteiger partial charge in [0.1, 0.15) is 5.25 Å². The van der Waals surface area contributed by atoms with Gasteiger partial charge in [-0.1, -0.05) is 35.0 Å². The van der Waals surface area contributed by atoms with Crippen LogP contribution in [-0.2, 0) is 9.59 Å². The Morgan fingerprint density at radius 1 is 1.14 bits per heavy atom. The summed E-state index contributed by atoms with van der Waals surface area (Å²) in [5.74, 6) is -0.585.